The Morgan fingerprint density at radius 2 is 1.96 bits per heavy atom. The van der Waals surface area contributed by atoms with Crippen LogP contribution in [0.3, 0.4) is 0 Å². The fraction of sp³-hybridized carbons (Fsp3) is 0.0714. The third kappa shape index (κ3) is 3.33. The van der Waals surface area contributed by atoms with E-state index in [1.54, 1.807) is 0 Å². The van der Waals surface area contributed by atoms with Crippen molar-refractivity contribution in [1.82, 2.24) is 30.3 Å². The molecule has 3 rings (SSSR count). The molecule has 2 aromatic heterocycles. The van der Waals surface area contributed by atoms with Gasteiger partial charge in [-0.2, -0.15) is 10.2 Å². The molecule has 0 radical (unpaired) electrons. The second-order valence-electron chi connectivity index (χ2n) is 4.88. The Morgan fingerprint density at radius 1 is 1.24 bits per heavy atom. The van der Waals surface area contributed by atoms with Gasteiger partial charge in [-0.25, -0.2) is 14.4 Å². The highest BCUT2D eigenvalue weighted by atomic mass is 35.5. The molecular formula is C14H12ClFN8O. The van der Waals surface area contributed by atoms with Gasteiger partial charge in [0.2, 0.25) is 5.82 Å². The summed E-state index contributed by atoms with van der Waals surface area (Å²) >= 11 is 6.01. The van der Waals surface area contributed by atoms with E-state index in [2.05, 4.69) is 25.5 Å². The molecule has 0 aliphatic heterocycles. The zero-order valence-corrected chi connectivity index (χ0v) is 13.4. The van der Waals surface area contributed by atoms with E-state index in [1.165, 1.54) is 30.6 Å². The van der Waals surface area contributed by atoms with E-state index in [-0.39, 0.29) is 40.3 Å². The summed E-state index contributed by atoms with van der Waals surface area (Å²) in [5, 5.41) is 10.1. The number of rotatable bonds is 4. The van der Waals surface area contributed by atoms with Gasteiger partial charge in [0.15, 0.2) is 16.7 Å². The van der Waals surface area contributed by atoms with Crippen molar-refractivity contribution in [2.75, 3.05) is 11.5 Å². The number of aromatic nitrogens is 5. The summed E-state index contributed by atoms with van der Waals surface area (Å²) in [6, 6.07) is 4.25. The minimum atomic E-state index is -0.672. The first-order valence-corrected chi connectivity index (χ1v) is 7.36. The van der Waals surface area contributed by atoms with Gasteiger partial charge in [0.1, 0.15) is 5.82 Å². The number of nitrogens with zero attached hydrogens (tertiary/aromatic N) is 5. The van der Waals surface area contributed by atoms with E-state index >= 15 is 0 Å². The molecule has 0 saturated carbocycles. The van der Waals surface area contributed by atoms with E-state index in [0.717, 1.165) is 4.80 Å². The summed E-state index contributed by atoms with van der Waals surface area (Å²) in [7, 11) is 0. The molecule has 3 aromatic rings. The number of halogens is 2. The first kappa shape index (κ1) is 16.6. The van der Waals surface area contributed by atoms with E-state index in [1.807, 2.05) is 0 Å². The molecule has 0 aliphatic carbocycles. The fourth-order valence-corrected chi connectivity index (χ4v) is 2.25. The molecule has 0 aliphatic rings. The van der Waals surface area contributed by atoms with Crippen LogP contribution in [0.25, 0.3) is 5.82 Å². The van der Waals surface area contributed by atoms with Crippen LogP contribution < -0.4 is 16.8 Å². The Hall–Kier alpha value is -3.27. The average molecular weight is 363 g/mol. The van der Waals surface area contributed by atoms with E-state index in [4.69, 9.17) is 23.1 Å². The number of carbonyl (C=O) groups excluding carboxylic acids is 1. The first-order chi connectivity index (χ1) is 12.0. The fourth-order valence-electron chi connectivity index (χ4n) is 2.05. The molecule has 0 unspecified atom stereocenters. The van der Waals surface area contributed by atoms with Crippen LogP contribution in [0.2, 0.25) is 5.15 Å². The van der Waals surface area contributed by atoms with Crippen LogP contribution in [0, 0.1) is 5.82 Å². The average Bonchev–Trinajstić information content (AvgIpc) is 3.10. The number of hydrogen-bond donors (Lipinski definition) is 3. The van der Waals surface area contributed by atoms with Crippen molar-refractivity contribution in [3.8, 4) is 5.82 Å². The number of hydrogen-bond acceptors (Lipinski definition) is 7. The lowest BCUT2D eigenvalue weighted by molar-refractivity contribution is 0.0946. The third-order valence-corrected chi connectivity index (χ3v) is 3.52. The van der Waals surface area contributed by atoms with Crippen molar-refractivity contribution in [1.29, 1.82) is 0 Å². The maximum atomic E-state index is 13.7. The third-order valence-electron chi connectivity index (χ3n) is 3.27. The second kappa shape index (κ2) is 6.69. The zero-order valence-electron chi connectivity index (χ0n) is 12.6. The Balaban J connectivity index is 1.82. The molecule has 25 heavy (non-hydrogen) atoms. The van der Waals surface area contributed by atoms with Crippen LogP contribution in [-0.4, -0.2) is 30.9 Å². The number of nitrogen functional groups attached to an aromatic ring is 2. The topological polar surface area (TPSA) is 138 Å². The van der Waals surface area contributed by atoms with Crippen molar-refractivity contribution < 1.29 is 9.18 Å². The maximum absolute atomic E-state index is 13.7. The molecule has 0 fully saturated rings. The van der Waals surface area contributed by atoms with Gasteiger partial charge in [-0.1, -0.05) is 17.7 Å². The second-order valence-corrected chi connectivity index (χ2v) is 5.24. The smallest absolute Gasteiger partial charge is 0.274 e. The summed E-state index contributed by atoms with van der Waals surface area (Å²) in [6.45, 7) is -0.140. The minimum absolute atomic E-state index is 0.0825. The molecular weight excluding hydrogens is 351 g/mol. The molecule has 2 heterocycles. The Kier molecular flexibility index (Phi) is 4.44. The number of amides is 1. The van der Waals surface area contributed by atoms with E-state index in [0.29, 0.717) is 0 Å². The van der Waals surface area contributed by atoms with Gasteiger partial charge >= 0.3 is 0 Å². The summed E-state index contributed by atoms with van der Waals surface area (Å²) < 4.78 is 13.7. The summed E-state index contributed by atoms with van der Waals surface area (Å²) in [4.78, 5) is 21.3. The molecule has 1 amide bonds. The van der Waals surface area contributed by atoms with Crippen LogP contribution in [0.4, 0.5) is 15.9 Å². The van der Waals surface area contributed by atoms with Gasteiger partial charge in [-0.15, -0.1) is 4.80 Å². The SMILES string of the molecule is Nc1cccc(F)c1CNC(=O)c1nc(Cl)c(-n2nccn2)nc1N. The maximum Gasteiger partial charge on any atom is 0.274 e. The largest absolute Gasteiger partial charge is 0.398 e. The van der Waals surface area contributed by atoms with Gasteiger partial charge in [0.25, 0.3) is 5.91 Å². The lowest BCUT2D eigenvalue weighted by Crippen LogP contribution is -2.27. The number of nitrogens with two attached hydrogens (primary N) is 2. The van der Waals surface area contributed by atoms with Crippen molar-refractivity contribution in [2.45, 2.75) is 6.54 Å². The van der Waals surface area contributed by atoms with E-state index in [9.17, 15) is 9.18 Å². The summed E-state index contributed by atoms with van der Waals surface area (Å²) in [6.07, 6.45) is 2.85. The zero-order chi connectivity index (χ0) is 18.0. The Labute approximate surface area is 145 Å². The van der Waals surface area contributed by atoms with E-state index < -0.39 is 11.7 Å². The standard InChI is InChI=1S/C14H12ClFN8O/c15-11-13(24-20-4-5-21-24)23-12(18)10(22-11)14(25)19-6-7-8(16)2-1-3-9(7)17/h1-5H,6,17H2,(H2,18,23)(H,19,25). The molecule has 0 saturated heterocycles. The van der Waals surface area contributed by atoms with Crippen LogP contribution in [-0.2, 0) is 6.54 Å². The number of benzene rings is 1. The first-order valence-electron chi connectivity index (χ1n) is 6.98. The van der Waals surface area contributed by atoms with Crippen LogP contribution >= 0.6 is 11.6 Å². The molecule has 11 heteroatoms. The molecule has 0 spiro atoms. The molecule has 0 bridgehead atoms. The number of anilines is 2. The van der Waals surface area contributed by atoms with Gasteiger partial charge in [0, 0.05) is 17.8 Å². The van der Waals surface area contributed by atoms with Gasteiger partial charge in [0.05, 0.1) is 12.4 Å². The molecule has 1 aromatic carbocycles. The van der Waals surface area contributed by atoms with Crippen molar-refractivity contribution >= 4 is 29.0 Å². The molecule has 128 valence electrons. The molecule has 5 N–H and O–H groups in total. The van der Waals surface area contributed by atoms with Gasteiger partial charge in [-0.3, -0.25) is 4.79 Å². The number of nitrogens with one attached hydrogen (secondary N) is 1. The van der Waals surface area contributed by atoms with Crippen molar-refractivity contribution in [3.05, 3.63) is 52.8 Å². The van der Waals surface area contributed by atoms with Crippen molar-refractivity contribution in [3.63, 3.8) is 0 Å². The van der Waals surface area contributed by atoms with Gasteiger partial charge < -0.3 is 16.8 Å². The quantitative estimate of drug-likeness (QED) is 0.587. The Morgan fingerprint density at radius 3 is 2.64 bits per heavy atom. The lowest BCUT2D eigenvalue weighted by atomic mass is 10.1. The van der Waals surface area contributed by atoms with Crippen LogP contribution in [0.15, 0.2) is 30.6 Å². The summed E-state index contributed by atoms with van der Waals surface area (Å²) in [5.41, 5.74) is 11.6. The lowest BCUT2D eigenvalue weighted by Gasteiger charge is -2.10. The number of carbonyl (C=O) groups is 1. The highest BCUT2D eigenvalue weighted by Crippen LogP contribution is 2.19. The van der Waals surface area contributed by atoms with Crippen LogP contribution in [0.1, 0.15) is 16.1 Å². The monoisotopic (exact) mass is 362 g/mol. The predicted molar refractivity (Wildman–Crippen MR) is 88.4 cm³/mol. The molecule has 0 atom stereocenters. The van der Waals surface area contributed by atoms with Gasteiger partial charge in [-0.05, 0) is 12.1 Å². The highest BCUT2D eigenvalue weighted by molar-refractivity contribution is 6.31. The highest BCUT2D eigenvalue weighted by Gasteiger charge is 2.19. The van der Waals surface area contributed by atoms with Crippen LogP contribution in [0.5, 0.6) is 0 Å². The Bertz CT molecular complexity index is 911. The normalized spacial score (nSPS) is 10.6. The predicted octanol–water partition coefficient (Wildman–Crippen LogP) is 0.944. The summed E-state index contributed by atoms with van der Waals surface area (Å²) in [5.74, 6) is -1.29. The molecule has 9 nitrogen and oxygen atoms in total. The van der Waals surface area contributed by atoms with Crippen molar-refractivity contribution in [2.24, 2.45) is 0 Å². The minimum Gasteiger partial charge on any atom is -0.398 e.